The Kier molecular flexibility index (Phi) is 3.86. The van der Waals surface area contributed by atoms with Crippen molar-refractivity contribution in [1.29, 1.82) is 0 Å². The topological polar surface area (TPSA) is 20.2 Å². The Morgan fingerprint density at radius 3 is 2.14 bits per heavy atom. The zero-order valence-electron chi connectivity index (χ0n) is 9.25. The predicted molar refractivity (Wildman–Crippen MR) is 59.2 cm³/mol. The van der Waals surface area contributed by atoms with Crippen LogP contribution in [0.15, 0.2) is 0 Å². The van der Waals surface area contributed by atoms with Gasteiger partial charge in [0, 0.05) is 0 Å². The first-order chi connectivity index (χ1) is 6.84. The fraction of sp³-hybridized carbons (Fsp3) is 1.00. The number of aliphatic hydroxyl groups is 1. The van der Waals surface area contributed by atoms with E-state index < -0.39 is 0 Å². The molecule has 2 saturated carbocycles. The van der Waals surface area contributed by atoms with E-state index in [2.05, 4.69) is 0 Å². The normalized spacial score (nSPS) is 26.4. The summed E-state index contributed by atoms with van der Waals surface area (Å²) in [4.78, 5) is 0. The summed E-state index contributed by atoms with van der Waals surface area (Å²) in [6.45, 7) is 0. The number of aliphatic hydroxyl groups excluding tert-OH is 1. The molecule has 1 nitrogen and oxygen atoms in total. The second-order valence-corrected chi connectivity index (χ2v) is 5.41. The molecular weight excluding hydrogens is 172 g/mol. The molecule has 0 amide bonds. The largest absolute Gasteiger partial charge is 0.393 e. The minimum Gasteiger partial charge on any atom is -0.393 e. The van der Waals surface area contributed by atoms with E-state index in [1.165, 1.54) is 51.4 Å². The molecule has 0 bridgehead atoms. The molecular formula is C13H24O. The summed E-state index contributed by atoms with van der Waals surface area (Å²) in [6.07, 6.45) is 13.3. The first-order valence-corrected chi connectivity index (χ1v) is 6.52. The highest BCUT2D eigenvalue weighted by molar-refractivity contribution is 4.75. The SMILES string of the molecule is OC(CCC1CCCC1)CC1CCC1. The Morgan fingerprint density at radius 2 is 1.57 bits per heavy atom. The Balaban J connectivity index is 1.54. The molecule has 0 saturated heterocycles. The number of rotatable bonds is 5. The molecule has 1 N–H and O–H groups in total. The van der Waals surface area contributed by atoms with Crippen molar-refractivity contribution in [2.75, 3.05) is 0 Å². The summed E-state index contributed by atoms with van der Waals surface area (Å²) in [7, 11) is 0. The van der Waals surface area contributed by atoms with E-state index in [4.69, 9.17) is 0 Å². The summed E-state index contributed by atoms with van der Waals surface area (Å²) >= 11 is 0. The third kappa shape index (κ3) is 2.98. The van der Waals surface area contributed by atoms with Crippen LogP contribution in [-0.4, -0.2) is 11.2 Å². The van der Waals surface area contributed by atoms with Crippen molar-refractivity contribution in [2.24, 2.45) is 11.8 Å². The lowest BCUT2D eigenvalue weighted by atomic mass is 9.80. The minimum atomic E-state index is 0.0147. The van der Waals surface area contributed by atoms with E-state index in [0.29, 0.717) is 0 Å². The molecule has 0 heterocycles. The van der Waals surface area contributed by atoms with Crippen molar-refractivity contribution in [3.05, 3.63) is 0 Å². The highest BCUT2D eigenvalue weighted by Crippen LogP contribution is 2.33. The maximum Gasteiger partial charge on any atom is 0.0543 e. The van der Waals surface area contributed by atoms with Crippen molar-refractivity contribution < 1.29 is 5.11 Å². The van der Waals surface area contributed by atoms with E-state index in [1.54, 1.807) is 0 Å². The second-order valence-electron chi connectivity index (χ2n) is 5.41. The van der Waals surface area contributed by atoms with Gasteiger partial charge >= 0.3 is 0 Å². The van der Waals surface area contributed by atoms with Crippen molar-refractivity contribution in [2.45, 2.75) is 70.3 Å². The zero-order chi connectivity index (χ0) is 9.80. The molecule has 2 rings (SSSR count). The molecule has 1 heteroatoms. The van der Waals surface area contributed by atoms with Crippen molar-refractivity contribution >= 4 is 0 Å². The minimum absolute atomic E-state index is 0.0147. The Hall–Kier alpha value is -0.0400. The lowest BCUT2D eigenvalue weighted by molar-refractivity contribution is 0.103. The van der Waals surface area contributed by atoms with Crippen LogP contribution < -0.4 is 0 Å². The average Bonchev–Trinajstić information content (AvgIpc) is 2.60. The molecule has 82 valence electrons. The fourth-order valence-electron chi connectivity index (χ4n) is 2.96. The Morgan fingerprint density at radius 1 is 0.929 bits per heavy atom. The van der Waals surface area contributed by atoms with E-state index in [0.717, 1.165) is 24.7 Å². The lowest BCUT2D eigenvalue weighted by Crippen LogP contribution is -2.19. The van der Waals surface area contributed by atoms with Crippen LogP contribution in [0, 0.1) is 11.8 Å². The van der Waals surface area contributed by atoms with Gasteiger partial charge in [-0.1, -0.05) is 44.9 Å². The molecule has 2 aliphatic carbocycles. The third-order valence-electron chi connectivity index (χ3n) is 4.21. The number of hydrogen-bond donors (Lipinski definition) is 1. The van der Waals surface area contributed by atoms with Gasteiger partial charge < -0.3 is 5.11 Å². The lowest BCUT2D eigenvalue weighted by Gasteiger charge is -2.27. The number of hydrogen-bond acceptors (Lipinski definition) is 1. The monoisotopic (exact) mass is 196 g/mol. The quantitative estimate of drug-likeness (QED) is 0.713. The van der Waals surface area contributed by atoms with Gasteiger partial charge in [0.1, 0.15) is 0 Å². The van der Waals surface area contributed by atoms with Gasteiger partial charge in [0.05, 0.1) is 6.10 Å². The molecule has 0 aromatic heterocycles. The highest BCUT2D eigenvalue weighted by Gasteiger charge is 2.22. The predicted octanol–water partition coefficient (Wildman–Crippen LogP) is 3.51. The molecule has 1 atom stereocenters. The summed E-state index contributed by atoms with van der Waals surface area (Å²) in [5.74, 6) is 1.82. The van der Waals surface area contributed by atoms with E-state index in [-0.39, 0.29) is 6.10 Å². The van der Waals surface area contributed by atoms with Crippen LogP contribution in [0.3, 0.4) is 0 Å². The van der Waals surface area contributed by atoms with Gasteiger partial charge in [-0.3, -0.25) is 0 Å². The summed E-state index contributed by atoms with van der Waals surface area (Å²) in [5, 5.41) is 9.84. The van der Waals surface area contributed by atoms with Crippen molar-refractivity contribution in [3.63, 3.8) is 0 Å². The average molecular weight is 196 g/mol. The molecule has 2 fully saturated rings. The van der Waals surface area contributed by atoms with Gasteiger partial charge in [0.15, 0.2) is 0 Å². The van der Waals surface area contributed by atoms with Crippen LogP contribution in [0.5, 0.6) is 0 Å². The van der Waals surface area contributed by atoms with Gasteiger partial charge in [0.2, 0.25) is 0 Å². The van der Waals surface area contributed by atoms with Gasteiger partial charge in [-0.05, 0) is 31.1 Å². The van der Waals surface area contributed by atoms with Crippen molar-refractivity contribution in [3.8, 4) is 0 Å². The second kappa shape index (κ2) is 5.16. The van der Waals surface area contributed by atoms with E-state index in [9.17, 15) is 5.11 Å². The molecule has 0 radical (unpaired) electrons. The summed E-state index contributed by atoms with van der Waals surface area (Å²) in [6, 6.07) is 0. The summed E-state index contributed by atoms with van der Waals surface area (Å²) in [5.41, 5.74) is 0. The van der Waals surface area contributed by atoms with Crippen LogP contribution in [0.2, 0.25) is 0 Å². The Labute approximate surface area is 87.9 Å². The van der Waals surface area contributed by atoms with Crippen LogP contribution in [-0.2, 0) is 0 Å². The standard InChI is InChI=1S/C13H24O/c14-13(10-12-6-3-7-12)9-8-11-4-1-2-5-11/h11-14H,1-10H2. The molecule has 0 aromatic rings. The fourth-order valence-corrected chi connectivity index (χ4v) is 2.96. The Bertz CT molecular complexity index is 157. The van der Waals surface area contributed by atoms with E-state index >= 15 is 0 Å². The van der Waals surface area contributed by atoms with Crippen LogP contribution in [0.25, 0.3) is 0 Å². The van der Waals surface area contributed by atoms with Gasteiger partial charge in [-0.25, -0.2) is 0 Å². The molecule has 0 aliphatic heterocycles. The maximum atomic E-state index is 9.84. The molecule has 1 unspecified atom stereocenters. The van der Waals surface area contributed by atoms with Gasteiger partial charge in [-0.15, -0.1) is 0 Å². The van der Waals surface area contributed by atoms with Crippen LogP contribution >= 0.6 is 0 Å². The molecule has 14 heavy (non-hydrogen) atoms. The third-order valence-corrected chi connectivity index (χ3v) is 4.21. The first kappa shape index (κ1) is 10.5. The van der Waals surface area contributed by atoms with Gasteiger partial charge in [0.25, 0.3) is 0 Å². The summed E-state index contributed by atoms with van der Waals surface area (Å²) < 4.78 is 0. The molecule has 0 aromatic carbocycles. The van der Waals surface area contributed by atoms with Crippen molar-refractivity contribution in [1.82, 2.24) is 0 Å². The smallest absolute Gasteiger partial charge is 0.0543 e. The van der Waals surface area contributed by atoms with Crippen LogP contribution in [0.4, 0.5) is 0 Å². The van der Waals surface area contributed by atoms with E-state index in [1.807, 2.05) is 0 Å². The molecule has 2 aliphatic rings. The van der Waals surface area contributed by atoms with Gasteiger partial charge in [-0.2, -0.15) is 0 Å². The molecule has 0 spiro atoms. The highest BCUT2D eigenvalue weighted by atomic mass is 16.3. The van der Waals surface area contributed by atoms with Crippen LogP contribution in [0.1, 0.15) is 64.2 Å². The first-order valence-electron chi connectivity index (χ1n) is 6.52. The maximum absolute atomic E-state index is 9.84. The zero-order valence-corrected chi connectivity index (χ0v) is 9.25.